The van der Waals surface area contributed by atoms with Crippen LogP contribution in [0.1, 0.15) is 40.6 Å². The molecular formula is C15H15N3O3. The quantitative estimate of drug-likeness (QED) is 0.628. The van der Waals surface area contributed by atoms with E-state index in [0.717, 1.165) is 6.07 Å². The number of aryl methyl sites for hydroxylation is 1. The lowest BCUT2D eigenvalue weighted by Crippen LogP contribution is -2.36. The van der Waals surface area contributed by atoms with Gasteiger partial charge in [-0.15, -0.1) is 0 Å². The minimum Gasteiger partial charge on any atom is -0.398 e. The maximum atomic E-state index is 13.1. The Bertz CT molecular complexity index is 1130. The Morgan fingerprint density at radius 1 is 1.52 bits per heavy atom. The van der Waals surface area contributed by atoms with Gasteiger partial charge < -0.3 is 5.73 Å². The van der Waals surface area contributed by atoms with Gasteiger partial charge in [0.05, 0.1) is 27.5 Å². The highest BCUT2D eigenvalue weighted by molar-refractivity contribution is 6.03. The molecule has 0 radical (unpaired) electrons. The fourth-order valence-corrected chi connectivity index (χ4v) is 2.17. The van der Waals surface area contributed by atoms with E-state index in [2.05, 4.69) is 4.98 Å². The number of carbonyl (C=O) groups excluding carboxylic acids is 2. The van der Waals surface area contributed by atoms with Crippen LogP contribution in [0.25, 0.3) is 10.9 Å². The molecule has 0 aliphatic heterocycles. The first-order valence-corrected chi connectivity index (χ1v) is 6.05. The number of fused-ring (bicyclic) bond motifs is 1. The molecule has 0 amide bonds. The SMILES string of the molecule is [2H]c1cc2nc(C)n(C3([2H])C(=O)CC(=O)C([2H])([2H])C3([2H])[2H])c(=O)c2c(N)c1[2H]. The molecule has 0 bridgehead atoms. The minimum atomic E-state index is -3.40. The Kier molecular flexibility index (Phi) is 1.71. The van der Waals surface area contributed by atoms with Crippen LogP contribution in [-0.2, 0) is 9.59 Å². The Morgan fingerprint density at radius 2 is 2.29 bits per heavy atom. The van der Waals surface area contributed by atoms with Crippen LogP contribution in [0.2, 0.25) is 0 Å². The monoisotopic (exact) mass is 292 g/mol. The molecule has 6 heteroatoms. The molecule has 21 heavy (non-hydrogen) atoms. The lowest BCUT2D eigenvalue weighted by molar-refractivity contribution is -0.132. The number of Topliss-reactive ketones (excluding diaryl/α,β-unsaturated/α-hetero) is 2. The summed E-state index contributed by atoms with van der Waals surface area (Å²) < 4.78 is 56.1. The van der Waals surface area contributed by atoms with Crippen LogP contribution in [0.5, 0.6) is 0 Å². The molecule has 1 fully saturated rings. The Labute approximate surface area is 130 Å². The molecule has 108 valence electrons. The maximum absolute atomic E-state index is 13.1. The Hall–Kier alpha value is -2.50. The van der Waals surface area contributed by atoms with E-state index in [1.165, 1.54) is 6.92 Å². The van der Waals surface area contributed by atoms with E-state index in [4.69, 9.17) is 15.3 Å². The molecule has 1 aromatic carbocycles. The van der Waals surface area contributed by atoms with Crippen molar-refractivity contribution in [2.45, 2.75) is 32.1 Å². The average Bonchev–Trinajstić information content (AvgIpc) is 2.57. The van der Waals surface area contributed by atoms with Crippen LogP contribution in [0.15, 0.2) is 22.9 Å². The van der Waals surface area contributed by atoms with E-state index in [-0.39, 0.29) is 22.8 Å². The number of nitrogen functional groups attached to an aromatic ring is 1. The number of nitrogens with two attached hydrogens (primary N) is 1. The molecule has 1 unspecified atom stereocenters. The summed E-state index contributed by atoms with van der Waals surface area (Å²) in [6, 6.07) is -2.81. The number of carbonyl (C=O) groups is 2. The van der Waals surface area contributed by atoms with Gasteiger partial charge in [0.2, 0.25) is 0 Å². The van der Waals surface area contributed by atoms with Gasteiger partial charge in [-0.25, -0.2) is 4.98 Å². The largest absolute Gasteiger partial charge is 0.398 e. The maximum Gasteiger partial charge on any atom is 0.264 e. The zero-order chi connectivity index (χ0) is 21.4. The number of hydrogen-bond donors (Lipinski definition) is 1. The molecule has 1 heterocycles. The summed E-state index contributed by atoms with van der Waals surface area (Å²) in [4.78, 5) is 41.6. The lowest BCUT2D eigenvalue weighted by Gasteiger charge is -2.24. The van der Waals surface area contributed by atoms with E-state index in [9.17, 15) is 14.4 Å². The van der Waals surface area contributed by atoms with E-state index in [1.807, 2.05) is 0 Å². The Morgan fingerprint density at radius 3 is 3.05 bits per heavy atom. The van der Waals surface area contributed by atoms with Crippen molar-refractivity contribution in [3.8, 4) is 0 Å². The molecule has 2 aromatic rings. The number of aromatic nitrogens is 2. The van der Waals surface area contributed by atoms with Gasteiger partial charge in [-0.05, 0) is 25.4 Å². The van der Waals surface area contributed by atoms with Gasteiger partial charge in [-0.2, -0.15) is 0 Å². The fourth-order valence-electron chi connectivity index (χ4n) is 2.17. The summed E-state index contributed by atoms with van der Waals surface area (Å²) in [5.74, 6) is -2.92. The minimum absolute atomic E-state index is 0.0799. The van der Waals surface area contributed by atoms with Gasteiger partial charge in [-0.3, -0.25) is 19.0 Å². The van der Waals surface area contributed by atoms with Crippen LogP contribution in [0, 0.1) is 6.92 Å². The molecular weight excluding hydrogens is 270 g/mol. The van der Waals surface area contributed by atoms with Crippen molar-refractivity contribution in [1.82, 2.24) is 9.55 Å². The first kappa shape index (κ1) is 7.49. The van der Waals surface area contributed by atoms with Gasteiger partial charge in [0.25, 0.3) is 5.56 Å². The fraction of sp³-hybridized carbons (Fsp3) is 0.333. The summed E-state index contributed by atoms with van der Waals surface area (Å²) in [5.41, 5.74) is 4.12. The zero-order valence-corrected chi connectivity index (χ0v) is 11.0. The molecule has 0 spiro atoms. The smallest absolute Gasteiger partial charge is 0.264 e. The van der Waals surface area contributed by atoms with Crippen molar-refractivity contribution in [1.29, 1.82) is 0 Å². The summed E-state index contributed by atoms with van der Waals surface area (Å²) in [6.07, 6.45) is -7.67. The van der Waals surface area contributed by atoms with Gasteiger partial charge in [0.1, 0.15) is 11.6 Å². The molecule has 1 atom stereocenters. The second-order valence-corrected chi connectivity index (χ2v) is 4.51. The van der Waals surface area contributed by atoms with Crippen molar-refractivity contribution >= 4 is 28.2 Å². The predicted molar refractivity (Wildman–Crippen MR) is 78.1 cm³/mol. The third-order valence-electron chi connectivity index (χ3n) is 3.09. The number of nitrogens with zero attached hydrogens (tertiary/aromatic N) is 2. The molecule has 3 rings (SSSR count). The van der Waals surface area contributed by atoms with Gasteiger partial charge in [-0.1, -0.05) is 6.04 Å². The van der Waals surface area contributed by atoms with E-state index >= 15 is 0 Å². The van der Waals surface area contributed by atoms with Crippen molar-refractivity contribution in [3.63, 3.8) is 0 Å². The summed E-state index contributed by atoms with van der Waals surface area (Å²) in [5, 5.41) is -0.390. The highest BCUT2D eigenvalue weighted by Gasteiger charge is 2.30. The normalized spacial score (nSPS) is 32.3. The third kappa shape index (κ3) is 2.12. The number of benzene rings is 1. The number of anilines is 1. The van der Waals surface area contributed by atoms with Gasteiger partial charge in [0, 0.05) is 17.5 Å². The molecule has 1 aliphatic rings. The molecule has 1 aromatic heterocycles. The summed E-state index contributed by atoms with van der Waals surface area (Å²) >= 11 is 0. The molecule has 6 nitrogen and oxygen atoms in total. The highest BCUT2D eigenvalue weighted by atomic mass is 16.2. The van der Waals surface area contributed by atoms with E-state index in [1.54, 1.807) is 0 Å². The van der Waals surface area contributed by atoms with E-state index < -0.39 is 54.0 Å². The standard InChI is InChI=1S/C15H15N3O3/c1-8-17-11-4-2-3-10(16)14(11)15(21)18(8)12-6-5-9(19)7-13(12)20/h2-4,12H,5-7,16H2,1H3/i2D,3D,5D2,6D2,12D. The predicted octanol–water partition coefficient (Wildman–Crippen LogP) is 1.15. The molecule has 1 aliphatic carbocycles. The van der Waals surface area contributed by atoms with Crippen LogP contribution >= 0.6 is 0 Å². The van der Waals surface area contributed by atoms with Crippen LogP contribution in [0.3, 0.4) is 0 Å². The second-order valence-electron chi connectivity index (χ2n) is 4.51. The molecule has 2 N–H and O–H groups in total. The zero-order valence-electron chi connectivity index (χ0n) is 18.0. The first-order chi connectivity index (χ1) is 12.7. The lowest BCUT2D eigenvalue weighted by atomic mass is 9.92. The second kappa shape index (κ2) is 4.80. The number of rotatable bonds is 1. The number of ketones is 2. The molecule has 0 saturated heterocycles. The van der Waals surface area contributed by atoms with Crippen molar-refractivity contribution in [3.05, 3.63) is 34.3 Å². The Balaban J connectivity index is 2.48. The van der Waals surface area contributed by atoms with Crippen molar-refractivity contribution < 1.29 is 19.2 Å². The van der Waals surface area contributed by atoms with Crippen LogP contribution in [0.4, 0.5) is 5.69 Å². The van der Waals surface area contributed by atoms with Gasteiger partial charge >= 0.3 is 0 Å². The topological polar surface area (TPSA) is 95.0 Å². The summed E-state index contributed by atoms with van der Waals surface area (Å²) in [6.45, 7) is 1.21. The van der Waals surface area contributed by atoms with Crippen molar-refractivity contribution in [2.24, 2.45) is 0 Å². The third-order valence-corrected chi connectivity index (χ3v) is 3.09. The molecule has 1 saturated carbocycles. The first-order valence-electron chi connectivity index (χ1n) is 9.55. The highest BCUT2D eigenvalue weighted by Crippen LogP contribution is 2.24. The van der Waals surface area contributed by atoms with Crippen LogP contribution < -0.4 is 11.3 Å². The van der Waals surface area contributed by atoms with Crippen molar-refractivity contribution in [2.75, 3.05) is 5.73 Å². The van der Waals surface area contributed by atoms with Gasteiger partial charge in [0.15, 0.2) is 5.78 Å². The summed E-state index contributed by atoms with van der Waals surface area (Å²) in [7, 11) is 0. The number of hydrogen-bond acceptors (Lipinski definition) is 5. The van der Waals surface area contributed by atoms with Crippen LogP contribution in [-0.4, -0.2) is 21.1 Å². The van der Waals surface area contributed by atoms with E-state index in [0.29, 0.717) is 4.57 Å². The average molecular weight is 292 g/mol.